The molecule has 1 aliphatic rings. The first kappa shape index (κ1) is 12.3. The summed E-state index contributed by atoms with van der Waals surface area (Å²) in [6.07, 6.45) is 6.62. The Morgan fingerprint density at radius 2 is 2.42 bits per heavy atom. The van der Waals surface area contributed by atoms with Crippen molar-refractivity contribution in [1.82, 2.24) is 19.9 Å². The third-order valence-electron chi connectivity index (χ3n) is 3.34. The number of aryl methyl sites for hydroxylation is 2. The smallest absolute Gasteiger partial charge is 0.111 e. The summed E-state index contributed by atoms with van der Waals surface area (Å²) in [7, 11) is 0. The van der Waals surface area contributed by atoms with E-state index in [1.807, 2.05) is 30.9 Å². The van der Waals surface area contributed by atoms with Crippen molar-refractivity contribution in [1.29, 1.82) is 0 Å². The van der Waals surface area contributed by atoms with Crippen molar-refractivity contribution in [3.63, 3.8) is 0 Å². The quantitative estimate of drug-likeness (QED) is 0.895. The number of pyridine rings is 1. The summed E-state index contributed by atoms with van der Waals surface area (Å²) in [5.41, 5.74) is 2.24. The molecule has 5 heteroatoms. The van der Waals surface area contributed by atoms with Gasteiger partial charge in [0.05, 0.1) is 24.8 Å². The van der Waals surface area contributed by atoms with Gasteiger partial charge in [0.15, 0.2) is 0 Å². The maximum absolute atomic E-state index is 5.78. The number of nitrogens with one attached hydrogen (secondary N) is 1. The number of hydrogen-bond donors (Lipinski definition) is 1. The van der Waals surface area contributed by atoms with Crippen LogP contribution >= 0.6 is 0 Å². The molecule has 100 valence electrons. The van der Waals surface area contributed by atoms with Crippen LogP contribution in [-0.4, -0.2) is 34.2 Å². The molecule has 1 aliphatic heterocycles. The Balaban J connectivity index is 1.66. The van der Waals surface area contributed by atoms with E-state index in [9.17, 15) is 0 Å². The second-order valence-corrected chi connectivity index (χ2v) is 4.65. The number of hydrogen-bond acceptors (Lipinski definition) is 4. The Labute approximate surface area is 112 Å². The van der Waals surface area contributed by atoms with Gasteiger partial charge in [0.2, 0.25) is 0 Å². The van der Waals surface area contributed by atoms with Gasteiger partial charge in [0.25, 0.3) is 0 Å². The van der Waals surface area contributed by atoms with Crippen molar-refractivity contribution < 1.29 is 4.74 Å². The number of aromatic nitrogens is 3. The van der Waals surface area contributed by atoms with Gasteiger partial charge in [0.1, 0.15) is 6.10 Å². The third kappa shape index (κ3) is 3.00. The first-order chi connectivity index (χ1) is 9.43. The monoisotopic (exact) mass is 258 g/mol. The third-order valence-corrected chi connectivity index (χ3v) is 3.34. The Kier molecular flexibility index (Phi) is 3.86. The second kappa shape index (κ2) is 5.95. The van der Waals surface area contributed by atoms with E-state index < -0.39 is 0 Å². The average Bonchev–Trinajstić information content (AvgIpc) is 2.95. The molecule has 0 bridgehead atoms. The maximum Gasteiger partial charge on any atom is 0.111 e. The molecule has 3 heterocycles. The van der Waals surface area contributed by atoms with Crippen LogP contribution in [0.2, 0.25) is 0 Å². The molecule has 1 saturated heterocycles. The molecule has 1 atom stereocenters. The van der Waals surface area contributed by atoms with Crippen LogP contribution in [0, 0.1) is 0 Å². The predicted molar refractivity (Wildman–Crippen MR) is 71.7 cm³/mol. The van der Waals surface area contributed by atoms with Gasteiger partial charge in [-0.3, -0.25) is 4.98 Å². The van der Waals surface area contributed by atoms with E-state index in [1.165, 1.54) is 0 Å². The topological polar surface area (TPSA) is 52.0 Å². The fraction of sp³-hybridized carbons (Fsp3) is 0.429. The number of morpholine rings is 1. The molecule has 5 nitrogen and oxygen atoms in total. The van der Waals surface area contributed by atoms with Crippen molar-refractivity contribution in [2.45, 2.75) is 19.1 Å². The molecule has 0 radical (unpaired) electrons. The van der Waals surface area contributed by atoms with E-state index >= 15 is 0 Å². The molecule has 1 fully saturated rings. The van der Waals surface area contributed by atoms with Gasteiger partial charge < -0.3 is 14.6 Å². The highest BCUT2D eigenvalue weighted by Gasteiger charge is 2.19. The van der Waals surface area contributed by atoms with Crippen LogP contribution in [0.4, 0.5) is 0 Å². The van der Waals surface area contributed by atoms with E-state index in [-0.39, 0.29) is 6.10 Å². The maximum atomic E-state index is 5.78. The van der Waals surface area contributed by atoms with Gasteiger partial charge in [-0.1, -0.05) is 6.07 Å². The zero-order valence-corrected chi connectivity index (χ0v) is 10.8. The van der Waals surface area contributed by atoms with Crippen LogP contribution in [0.5, 0.6) is 0 Å². The van der Waals surface area contributed by atoms with Crippen molar-refractivity contribution in [3.05, 3.63) is 48.3 Å². The van der Waals surface area contributed by atoms with Gasteiger partial charge in [-0.2, -0.15) is 0 Å². The number of nitrogens with zero attached hydrogens (tertiary/aromatic N) is 3. The fourth-order valence-corrected chi connectivity index (χ4v) is 2.32. The molecule has 0 saturated carbocycles. The summed E-state index contributed by atoms with van der Waals surface area (Å²) in [6.45, 7) is 3.43. The molecular weight excluding hydrogens is 240 g/mol. The Hall–Kier alpha value is -1.72. The fourth-order valence-electron chi connectivity index (χ4n) is 2.32. The van der Waals surface area contributed by atoms with Crippen molar-refractivity contribution in [2.24, 2.45) is 0 Å². The molecule has 2 aromatic heterocycles. The van der Waals surface area contributed by atoms with Gasteiger partial charge in [-0.25, -0.2) is 4.98 Å². The highest BCUT2D eigenvalue weighted by atomic mass is 16.5. The zero-order chi connectivity index (χ0) is 12.9. The predicted octanol–water partition coefficient (Wildman–Crippen LogP) is 1.18. The van der Waals surface area contributed by atoms with Gasteiger partial charge in [-0.15, -0.1) is 0 Å². The first-order valence-electron chi connectivity index (χ1n) is 6.66. The summed E-state index contributed by atoms with van der Waals surface area (Å²) in [5.74, 6) is 0. The van der Waals surface area contributed by atoms with E-state index in [2.05, 4.69) is 25.9 Å². The average molecular weight is 258 g/mol. The Morgan fingerprint density at radius 3 is 3.21 bits per heavy atom. The highest BCUT2D eigenvalue weighted by Crippen LogP contribution is 2.18. The molecule has 3 rings (SSSR count). The molecule has 19 heavy (non-hydrogen) atoms. The van der Waals surface area contributed by atoms with Crippen LogP contribution in [0.25, 0.3) is 0 Å². The molecule has 1 N–H and O–H groups in total. The summed E-state index contributed by atoms with van der Waals surface area (Å²) < 4.78 is 7.94. The molecule has 0 aromatic carbocycles. The van der Waals surface area contributed by atoms with E-state index in [0.29, 0.717) is 0 Å². The number of imidazole rings is 1. The van der Waals surface area contributed by atoms with Crippen LogP contribution in [0.3, 0.4) is 0 Å². The lowest BCUT2D eigenvalue weighted by Crippen LogP contribution is -2.34. The standard InChI is InChI=1S/C14H18N4O/c1-2-5-17-12(3-1)4-7-18-11-16-9-13(18)14-10-15-6-8-19-14/h1-3,5,9,11,14-15H,4,6-8,10H2. The summed E-state index contributed by atoms with van der Waals surface area (Å²) >= 11 is 0. The van der Waals surface area contributed by atoms with E-state index in [0.717, 1.165) is 44.0 Å². The van der Waals surface area contributed by atoms with Crippen LogP contribution in [0.1, 0.15) is 17.5 Å². The molecular formula is C14H18N4O. The van der Waals surface area contributed by atoms with E-state index in [1.54, 1.807) is 0 Å². The second-order valence-electron chi connectivity index (χ2n) is 4.65. The minimum Gasteiger partial charge on any atom is -0.369 e. The molecule has 0 amide bonds. The van der Waals surface area contributed by atoms with Crippen molar-refractivity contribution in [3.8, 4) is 0 Å². The summed E-state index contributed by atoms with van der Waals surface area (Å²) in [5, 5.41) is 3.35. The normalized spacial score (nSPS) is 19.5. The summed E-state index contributed by atoms with van der Waals surface area (Å²) in [6, 6.07) is 6.01. The minimum absolute atomic E-state index is 0.111. The van der Waals surface area contributed by atoms with Gasteiger partial charge in [0, 0.05) is 37.9 Å². The zero-order valence-electron chi connectivity index (χ0n) is 10.8. The molecule has 0 aliphatic carbocycles. The Bertz CT molecular complexity index is 505. The number of rotatable bonds is 4. The summed E-state index contributed by atoms with van der Waals surface area (Å²) in [4.78, 5) is 8.59. The molecule has 2 aromatic rings. The van der Waals surface area contributed by atoms with Crippen LogP contribution in [0.15, 0.2) is 36.9 Å². The first-order valence-corrected chi connectivity index (χ1v) is 6.66. The molecule has 0 spiro atoms. The largest absolute Gasteiger partial charge is 0.369 e. The van der Waals surface area contributed by atoms with Crippen LogP contribution < -0.4 is 5.32 Å². The highest BCUT2D eigenvalue weighted by molar-refractivity contribution is 5.07. The van der Waals surface area contributed by atoms with Crippen molar-refractivity contribution >= 4 is 0 Å². The SMILES string of the molecule is c1ccc(CCn2cncc2C2CNCCO2)nc1. The van der Waals surface area contributed by atoms with E-state index in [4.69, 9.17) is 4.74 Å². The van der Waals surface area contributed by atoms with Crippen LogP contribution in [-0.2, 0) is 17.7 Å². The number of ether oxygens (including phenoxy) is 1. The van der Waals surface area contributed by atoms with Crippen molar-refractivity contribution in [2.75, 3.05) is 19.7 Å². The van der Waals surface area contributed by atoms with Gasteiger partial charge in [-0.05, 0) is 12.1 Å². The lowest BCUT2D eigenvalue weighted by molar-refractivity contribution is 0.0228. The molecule has 1 unspecified atom stereocenters. The minimum atomic E-state index is 0.111. The van der Waals surface area contributed by atoms with Gasteiger partial charge >= 0.3 is 0 Å². The Morgan fingerprint density at radius 1 is 1.42 bits per heavy atom. The lowest BCUT2D eigenvalue weighted by Gasteiger charge is -2.24. The lowest BCUT2D eigenvalue weighted by atomic mass is 10.2.